The number of nitrogen functional groups attached to an aromatic ring is 1. The standard InChI is InChI=1S/C21H28F3N3O/c1-5-7-8-16(6-2)27-20(25)18(12-26-27)14(4)13(3)17-10-9-15(11-19(17)28)21(22,23)24/h9-12,16,28H,5-8,25H2,1-4H3/b14-13+/t16-/m1/s1. The molecule has 4 nitrogen and oxygen atoms in total. The highest BCUT2D eigenvalue weighted by Gasteiger charge is 2.31. The van der Waals surface area contributed by atoms with Crippen molar-refractivity contribution in [1.82, 2.24) is 9.78 Å². The number of hydrogen-bond donors (Lipinski definition) is 2. The van der Waals surface area contributed by atoms with Crippen molar-refractivity contribution in [3.05, 3.63) is 41.1 Å². The van der Waals surface area contributed by atoms with Gasteiger partial charge in [0, 0.05) is 11.1 Å². The summed E-state index contributed by atoms with van der Waals surface area (Å²) >= 11 is 0. The highest BCUT2D eigenvalue weighted by atomic mass is 19.4. The Bertz CT molecular complexity index is 853. The molecule has 0 fully saturated rings. The number of nitrogens with two attached hydrogens (primary N) is 1. The Balaban J connectivity index is 2.42. The van der Waals surface area contributed by atoms with Crippen LogP contribution in [0.4, 0.5) is 19.0 Å². The summed E-state index contributed by atoms with van der Waals surface area (Å²) in [6.45, 7) is 7.81. The van der Waals surface area contributed by atoms with E-state index in [2.05, 4.69) is 18.9 Å². The molecule has 0 aliphatic carbocycles. The molecule has 1 heterocycles. The molecule has 0 aliphatic heterocycles. The second kappa shape index (κ2) is 8.71. The van der Waals surface area contributed by atoms with E-state index >= 15 is 0 Å². The summed E-state index contributed by atoms with van der Waals surface area (Å²) in [5.74, 6) is 0.123. The summed E-state index contributed by atoms with van der Waals surface area (Å²) in [6.07, 6.45) is 1.26. The van der Waals surface area contributed by atoms with Gasteiger partial charge in [0.2, 0.25) is 0 Å². The largest absolute Gasteiger partial charge is 0.507 e. The van der Waals surface area contributed by atoms with Crippen molar-refractivity contribution in [3.8, 4) is 5.75 Å². The van der Waals surface area contributed by atoms with Crippen LogP contribution in [-0.4, -0.2) is 14.9 Å². The monoisotopic (exact) mass is 395 g/mol. The number of phenols is 1. The predicted octanol–water partition coefficient (Wildman–Crippen LogP) is 6.28. The third-order valence-corrected chi connectivity index (χ3v) is 5.24. The lowest BCUT2D eigenvalue weighted by Crippen LogP contribution is -2.13. The summed E-state index contributed by atoms with van der Waals surface area (Å²) in [4.78, 5) is 0. The maximum Gasteiger partial charge on any atom is 0.416 e. The number of alkyl halides is 3. The minimum Gasteiger partial charge on any atom is -0.507 e. The number of aromatic nitrogens is 2. The van der Waals surface area contributed by atoms with Gasteiger partial charge in [0.05, 0.1) is 17.8 Å². The molecule has 0 radical (unpaired) electrons. The van der Waals surface area contributed by atoms with E-state index in [9.17, 15) is 18.3 Å². The van der Waals surface area contributed by atoms with Crippen molar-refractivity contribution in [2.75, 3.05) is 5.73 Å². The Morgan fingerprint density at radius 1 is 1.18 bits per heavy atom. The molecule has 2 rings (SSSR count). The maximum absolute atomic E-state index is 12.8. The molecule has 28 heavy (non-hydrogen) atoms. The number of hydrogen-bond acceptors (Lipinski definition) is 3. The summed E-state index contributed by atoms with van der Waals surface area (Å²) < 4.78 is 40.3. The van der Waals surface area contributed by atoms with Crippen LogP contribution < -0.4 is 5.73 Å². The molecule has 0 aliphatic rings. The molecule has 0 unspecified atom stereocenters. The van der Waals surface area contributed by atoms with Crippen molar-refractivity contribution in [1.29, 1.82) is 0 Å². The minimum atomic E-state index is -4.50. The quantitative estimate of drug-likeness (QED) is 0.580. The van der Waals surface area contributed by atoms with Gasteiger partial charge in [-0.3, -0.25) is 0 Å². The van der Waals surface area contributed by atoms with E-state index in [1.807, 2.05) is 11.6 Å². The van der Waals surface area contributed by atoms with E-state index in [0.717, 1.165) is 49.0 Å². The number of phenolic OH excluding ortho intramolecular Hbond substituents is 1. The average Bonchev–Trinajstić information content (AvgIpc) is 3.02. The zero-order valence-electron chi connectivity index (χ0n) is 16.8. The Hall–Kier alpha value is -2.44. The lowest BCUT2D eigenvalue weighted by molar-refractivity contribution is -0.137. The van der Waals surface area contributed by atoms with Gasteiger partial charge in [-0.05, 0) is 50.0 Å². The molecule has 154 valence electrons. The van der Waals surface area contributed by atoms with Gasteiger partial charge in [-0.15, -0.1) is 0 Å². The van der Waals surface area contributed by atoms with Crippen molar-refractivity contribution >= 4 is 17.0 Å². The molecule has 2 aromatic rings. The van der Waals surface area contributed by atoms with E-state index < -0.39 is 17.5 Å². The zero-order chi connectivity index (χ0) is 21.1. The Labute approximate surface area is 163 Å². The summed E-state index contributed by atoms with van der Waals surface area (Å²) in [6, 6.07) is 3.21. The van der Waals surface area contributed by atoms with Gasteiger partial charge >= 0.3 is 6.18 Å². The van der Waals surface area contributed by atoms with Gasteiger partial charge < -0.3 is 10.8 Å². The molecule has 0 bridgehead atoms. The summed E-state index contributed by atoms with van der Waals surface area (Å²) in [7, 11) is 0. The fraction of sp³-hybridized carbons (Fsp3) is 0.476. The predicted molar refractivity (Wildman–Crippen MR) is 107 cm³/mol. The van der Waals surface area contributed by atoms with Gasteiger partial charge in [-0.1, -0.05) is 32.8 Å². The Morgan fingerprint density at radius 2 is 1.82 bits per heavy atom. The van der Waals surface area contributed by atoms with Crippen LogP contribution in [0.15, 0.2) is 24.4 Å². The van der Waals surface area contributed by atoms with Crippen LogP contribution in [0.25, 0.3) is 11.1 Å². The molecule has 0 amide bonds. The highest BCUT2D eigenvalue weighted by molar-refractivity contribution is 5.92. The van der Waals surface area contributed by atoms with Gasteiger partial charge in [0.25, 0.3) is 0 Å². The van der Waals surface area contributed by atoms with Gasteiger partial charge in [-0.2, -0.15) is 18.3 Å². The van der Waals surface area contributed by atoms with Gasteiger partial charge in [0.15, 0.2) is 0 Å². The van der Waals surface area contributed by atoms with Crippen molar-refractivity contribution in [3.63, 3.8) is 0 Å². The fourth-order valence-corrected chi connectivity index (χ4v) is 3.32. The molecule has 1 aromatic carbocycles. The van der Waals surface area contributed by atoms with Crippen molar-refractivity contribution in [2.45, 2.75) is 65.6 Å². The number of rotatable bonds is 7. The lowest BCUT2D eigenvalue weighted by Gasteiger charge is -2.17. The zero-order valence-corrected chi connectivity index (χ0v) is 16.8. The van der Waals surface area contributed by atoms with E-state index in [0.29, 0.717) is 17.0 Å². The number of allylic oxidation sites excluding steroid dienone is 2. The number of benzene rings is 1. The summed E-state index contributed by atoms with van der Waals surface area (Å²) in [5.41, 5.74) is 7.95. The highest BCUT2D eigenvalue weighted by Crippen LogP contribution is 2.38. The number of halogens is 3. The maximum atomic E-state index is 12.8. The second-order valence-corrected chi connectivity index (χ2v) is 7.07. The molecule has 7 heteroatoms. The van der Waals surface area contributed by atoms with Crippen LogP contribution in [-0.2, 0) is 6.18 Å². The smallest absolute Gasteiger partial charge is 0.416 e. The van der Waals surface area contributed by atoms with Gasteiger partial charge in [-0.25, -0.2) is 4.68 Å². The third kappa shape index (κ3) is 4.51. The molecule has 0 saturated heterocycles. The first-order valence-corrected chi connectivity index (χ1v) is 9.53. The summed E-state index contributed by atoms with van der Waals surface area (Å²) in [5, 5.41) is 14.6. The first-order valence-electron chi connectivity index (χ1n) is 9.53. The molecular weight excluding hydrogens is 367 g/mol. The third-order valence-electron chi connectivity index (χ3n) is 5.24. The first-order chi connectivity index (χ1) is 13.1. The SMILES string of the molecule is CCCC[C@@H](CC)n1ncc(/C(C)=C(\C)c2ccc(C(F)(F)F)cc2O)c1N. The number of unbranched alkanes of at least 4 members (excludes halogenated alkanes) is 1. The second-order valence-electron chi connectivity index (χ2n) is 7.07. The van der Waals surface area contributed by atoms with Crippen LogP contribution >= 0.6 is 0 Å². The van der Waals surface area contributed by atoms with Crippen LogP contribution in [0.3, 0.4) is 0 Å². The minimum absolute atomic E-state index is 0.210. The number of nitrogens with zero attached hydrogens (tertiary/aromatic N) is 2. The normalized spacial score (nSPS) is 14.1. The van der Waals surface area contributed by atoms with Crippen LogP contribution in [0.2, 0.25) is 0 Å². The Morgan fingerprint density at radius 3 is 2.36 bits per heavy atom. The molecule has 1 atom stereocenters. The van der Waals surface area contributed by atoms with Gasteiger partial charge in [0.1, 0.15) is 11.6 Å². The van der Waals surface area contributed by atoms with Crippen LogP contribution in [0.5, 0.6) is 5.75 Å². The number of aromatic hydroxyl groups is 1. The molecule has 3 N–H and O–H groups in total. The van der Waals surface area contributed by atoms with Crippen molar-refractivity contribution in [2.24, 2.45) is 0 Å². The van der Waals surface area contributed by atoms with E-state index in [1.54, 1.807) is 13.1 Å². The molecule has 1 aromatic heterocycles. The average molecular weight is 395 g/mol. The molecule has 0 saturated carbocycles. The van der Waals surface area contributed by atoms with Crippen molar-refractivity contribution < 1.29 is 18.3 Å². The Kier molecular flexibility index (Phi) is 6.80. The molecule has 0 spiro atoms. The first kappa shape index (κ1) is 21.9. The topological polar surface area (TPSA) is 64.1 Å². The van der Waals surface area contributed by atoms with E-state index in [4.69, 9.17) is 5.73 Å². The molecular formula is C21H28F3N3O. The fourth-order valence-electron chi connectivity index (χ4n) is 3.32. The van der Waals surface area contributed by atoms with E-state index in [-0.39, 0.29) is 6.04 Å². The number of anilines is 1. The lowest BCUT2D eigenvalue weighted by atomic mass is 9.96. The van der Waals surface area contributed by atoms with Crippen LogP contribution in [0, 0.1) is 0 Å². The van der Waals surface area contributed by atoms with Crippen LogP contribution in [0.1, 0.15) is 76.1 Å². The van der Waals surface area contributed by atoms with E-state index in [1.165, 1.54) is 6.07 Å².